The van der Waals surface area contributed by atoms with Gasteiger partial charge in [0.1, 0.15) is 0 Å². The molecule has 17 heavy (non-hydrogen) atoms. The monoisotopic (exact) mass is 363 g/mol. The van der Waals surface area contributed by atoms with Crippen molar-refractivity contribution < 1.29 is 4.79 Å². The molecule has 1 aliphatic carbocycles. The number of benzene rings is 1. The number of hydrogen-bond donors (Lipinski definition) is 1. The van der Waals surface area contributed by atoms with E-state index in [-0.39, 0.29) is 11.3 Å². The van der Waals surface area contributed by atoms with Gasteiger partial charge in [-0.1, -0.05) is 12.5 Å². The Morgan fingerprint density at radius 3 is 2.94 bits per heavy atom. The lowest BCUT2D eigenvalue weighted by molar-refractivity contribution is 0.0947. The summed E-state index contributed by atoms with van der Waals surface area (Å²) in [7, 11) is 0. The summed E-state index contributed by atoms with van der Waals surface area (Å²) >= 11 is 8.39. The molecule has 2 nitrogen and oxygen atoms in total. The summed E-state index contributed by atoms with van der Waals surface area (Å²) in [5.41, 5.74) is 0.723. The molecule has 1 amide bonds. The van der Waals surface area contributed by atoms with E-state index in [0.29, 0.717) is 12.5 Å². The van der Waals surface area contributed by atoms with Crippen LogP contribution in [0.25, 0.3) is 0 Å². The van der Waals surface area contributed by atoms with E-state index in [1.165, 1.54) is 6.42 Å². The molecular formula is C13H15ClINO. The number of alkyl halides is 1. The molecule has 0 saturated heterocycles. The molecule has 92 valence electrons. The highest BCUT2D eigenvalue weighted by Crippen LogP contribution is 2.29. The van der Waals surface area contributed by atoms with Crippen molar-refractivity contribution in [3.05, 3.63) is 33.4 Å². The first-order chi connectivity index (χ1) is 8.16. The first kappa shape index (κ1) is 13.1. The molecule has 1 aromatic rings. The zero-order valence-electron chi connectivity index (χ0n) is 9.46. The van der Waals surface area contributed by atoms with Gasteiger partial charge in [-0.25, -0.2) is 0 Å². The summed E-state index contributed by atoms with van der Waals surface area (Å²) in [5, 5.41) is 3.20. The van der Waals surface area contributed by atoms with E-state index in [2.05, 4.69) is 27.9 Å². The van der Waals surface area contributed by atoms with E-state index in [9.17, 15) is 4.79 Å². The Balaban J connectivity index is 1.89. The highest BCUT2D eigenvalue weighted by Gasteiger charge is 2.25. The highest BCUT2D eigenvalue weighted by atomic mass is 127. The predicted molar refractivity (Wildman–Crippen MR) is 78.5 cm³/mol. The summed E-state index contributed by atoms with van der Waals surface area (Å²) in [5.74, 6) is 0.433. The molecule has 0 aromatic heterocycles. The lowest BCUT2D eigenvalue weighted by Gasteiger charge is -2.14. The van der Waals surface area contributed by atoms with E-state index >= 15 is 0 Å². The molecular weight excluding hydrogens is 349 g/mol. The molecule has 0 heterocycles. The molecule has 1 fully saturated rings. The Morgan fingerprint density at radius 2 is 2.29 bits per heavy atom. The van der Waals surface area contributed by atoms with Crippen LogP contribution >= 0.6 is 34.2 Å². The fourth-order valence-corrected chi connectivity index (χ4v) is 3.09. The van der Waals surface area contributed by atoms with Crippen LogP contribution in [0.3, 0.4) is 0 Å². The predicted octanol–water partition coefficient (Wildman–Crippen LogP) is 3.43. The van der Waals surface area contributed by atoms with Crippen LogP contribution in [0.15, 0.2) is 24.3 Å². The van der Waals surface area contributed by atoms with Crippen LogP contribution in [0.4, 0.5) is 0 Å². The maximum atomic E-state index is 11.9. The smallest absolute Gasteiger partial charge is 0.251 e. The fraction of sp³-hybridized carbons (Fsp3) is 0.462. The minimum Gasteiger partial charge on any atom is -0.352 e. The lowest BCUT2D eigenvalue weighted by Crippen LogP contribution is -2.31. The van der Waals surface area contributed by atoms with Crippen molar-refractivity contribution in [2.75, 3.05) is 6.54 Å². The van der Waals surface area contributed by atoms with Gasteiger partial charge < -0.3 is 5.32 Å². The number of halogens is 2. The summed E-state index contributed by atoms with van der Waals surface area (Å²) in [6.45, 7) is 0.693. The molecule has 1 N–H and O–H groups in total. The summed E-state index contributed by atoms with van der Waals surface area (Å²) in [6.07, 6.45) is 3.38. The highest BCUT2D eigenvalue weighted by molar-refractivity contribution is 14.1. The van der Waals surface area contributed by atoms with Gasteiger partial charge >= 0.3 is 0 Å². The second-order valence-electron chi connectivity index (χ2n) is 4.43. The first-order valence-corrected chi connectivity index (χ1v) is 7.36. The summed E-state index contributed by atoms with van der Waals surface area (Å²) in [6, 6.07) is 7.60. The molecule has 0 spiro atoms. The maximum Gasteiger partial charge on any atom is 0.251 e. The molecule has 2 rings (SSSR count). The summed E-state index contributed by atoms with van der Waals surface area (Å²) in [4.78, 5) is 11.9. The zero-order chi connectivity index (χ0) is 12.3. The first-order valence-electron chi connectivity index (χ1n) is 5.84. The van der Waals surface area contributed by atoms with E-state index in [1.807, 2.05) is 24.3 Å². The second-order valence-corrected chi connectivity index (χ2v) is 6.23. The van der Waals surface area contributed by atoms with E-state index in [0.717, 1.165) is 22.0 Å². The quantitative estimate of drug-likeness (QED) is 0.647. The molecule has 2 unspecified atom stereocenters. The fourth-order valence-electron chi connectivity index (χ4n) is 2.18. The minimum absolute atomic E-state index is 0.000664. The van der Waals surface area contributed by atoms with Crippen molar-refractivity contribution in [2.45, 2.75) is 24.6 Å². The normalized spacial score (nSPS) is 23.6. The van der Waals surface area contributed by atoms with Crippen LogP contribution in [0.1, 0.15) is 29.6 Å². The third kappa shape index (κ3) is 3.58. The van der Waals surface area contributed by atoms with Crippen LogP contribution in [0, 0.1) is 9.49 Å². The van der Waals surface area contributed by atoms with E-state index in [1.54, 1.807) is 0 Å². The van der Waals surface area contributed by atoms with Gasteiger partial charge in [0.25, 0.3) is 5.91 Å². The Labute approximate surface area is 120 Å². The molecule has 2 atom stereocenters. The number of rotatable bonds is 3. The standard InChI is InChI=1S/C13H15ClINO/c14-12-6-2-4-10(12)8-16-13(17)9-3-1-5-11(15)7-9/h1,3,5,7,10,12H,2,4,6,8H2,(H,16,17). The number of hydrogen-bond acceptors (Lipinski definition) is 1. The van der Waals surface area contributed by atoms with Gasteiger partial charge in [0.15, 0.2) is 0 Å². The Morgan fingerprint density at radius 1 is 1.47 bits per heavy atom. The van der Waals surface area contributed by atoms with Crippen LogP contribution in [-0.2, 0) is 0 Å². The van der Waals surface area contributed by atoms with Crippen LogP contribution in [0.5, 0.6) is 0 Å². The molecule has 0 bridgehead atoms. The van der Waals surface area contributed by atoms with Gasteiger partial charge in [-0.2, -0.15) is 0 Å². The van der Waals surface area contributed by atoms with Gasteiger partial charge in [0.2, 0.25) is 0 Å². The van der Waals surface area contributed by atoms with Crippen LogP contribution in [0.2, 0.25) is 0 Å². The van der Waals surface area contributed by atoms with Crippen molar-refractivity contribution >= 4 is 40.1 Å². The third-order valence-electron chi connectivity index (χ3n) is 3.18. The largest absolute Gasteiger partial charge is 0.352 e. The van der Waals surface area contributed by atoms with E-state index in [4.69, 9.17) is 11.6 Å². The third-order valence-corrected chi connectivity index (χ3v) is 4.42. The maximum absolute atomic E-state index is 11.9. The van der Waals surface area contributed by atoms with Gasteiger partial charge in [-0.3, -0.25) is 4.79 Å². The number of amides is 1. The van der Waals surface area contributed by atoms with Crippen LogP contribution in [-0.4, -0.2) is 17.8 Å². The van der Waals surface area contributed by atoms with Crippen LogP contribution < -0.4 is 5.32 Å². The van der Waals surface area contributed by atoms with Crippen molar-refractivity contribution in [1.82, 2.24) is 5.32 Å². The Kier molecular flexibility index (Phi) is 4.68. The molecule has 1 aromatic carbocycles. The minimum atomic E-state index is -0.000664. The van der Waals surface area contributed by atoms with Gasteiger partial charge in [0.05, 0.1) is 0 Å². The zero-order valence-corrected chi connectivity index (χ0v) is 12.4. The number of nitrogens with one attached hydrogen (secondary N) is 1. The van der Waals surface area contributed by atoms with Crippen molar-refractivity contribution in [1.29, 1.82) is 0 Å². The molecule has 0 radical (unpaired) electrons. The van der Waals surface area contributed by atoms with Gasteiger partial charge in [-0.15, -0.1) is 11.6 Å². The molecule has 1 aliphatic rings. The van der Waals surface area contributed by atoms with Gasteiger partial charge in [0, 0.05) is 21.1 Å². The Hall–Kier alpha value is -0.290. The topological polar surface area (TPSA) is 29.1 Å². The average Bonchev–Trinajstić information content (AvgIpc) is 2.72. The molecule has 1 saturated carbocycles. The summed E-state index contributed by atoms with van der Waals surface area (Å²) < 4.78 is 1.08. The Bertz CT molecular complexity index is 410. The molecule has 0 aliphatic heterocycles. The number of carbonyl (C=O) groups is 1. The van der Waals surface area contributed by atoms with E-state index < -0.39 is 0 Å². The van der Waals surface area contributed by atoms with Crippen molar-refractivity contribution in [3.63, 3.8) is 0 Å². The SMILES string of the molecule is O=C(NCC1CCCC1Cl)c1cccc(I)c1. The molecule has 4 heteroatoms. The average molecular weight is 364 g/mol. The number of carbonyl (C=O) groups excluding carboxylic acids is 1. The van der Waals surface area contributed by atoms with Crippen molar-refractivity contribution in [3.8, 4) is 0 Å². The van der Waals surface area contributed by atoms with Gasteiger partial charge in [-0.05, 0) is 59.5 Å². The second kappa shape index (κ2) is 6.05. The lowest BCUT2D eigenvalue weighted by atomic mass is 10.1. The van der Waals surface area contributed by atoms with Crippen molar-refractivity contribution in [2.24, 2.45) is 5.92 Å².